The predicted molar refractivity (Wildman–Crippen MR) is 94.7 cm³/mol. The number of esters is 1. The van der Waals surface area contributed by atoms with E-state index in [1.165, 1.54) is 32.1 Å². The maximum Gasteiger partial charge on any atom is 0.306 e. The van der Waals surface area contributed by atoms with Gasteiger partial charge in [0.2, 0.25) is 0 Å². The molecular weight excluding hydrogens is 304 g/mol. The molecule has 138 valence electrons. The van der Waals surface area contributed by atoms with Gasteiger partial charge in [-0.05, 0) is 37.8 Å². The van der Waals surface area contributed by atoms with Gasteiger partial charge < -0.3 is 14.2 Å². The second-order valence-corrected chi connectivity index (χ2v) is 7.01. The molecule has 0 aromatic carbocycles. The van der Waals surface area contributed by atoms with Gasteiger partial charge in [-0.2, -0.15) is 0 Å². The molecular formula is C20H34O4. The van der Waals surface area contributed by atoms with E-state index < -0.39 is 5.79 Å². The molecule has 2 aliphatic heterocycles. The van der Waals surface area contributed by atoms with Gasteiger partial charge >= 0.3 is 5.97 Å². The molecule has 4 nitrogen and oxygen atoms in total. The van der Waals surface area contributed by atoms with Gasteiger partial charge in [0, 0.05) is 12.8 Å². The third kappa shape index (κ3) is 6.94. The van der Waals surface area contributed by atoms with Gasteiger partial charge in [0.05, 0.1) is 13.2 Å². The number of carbonyl (C=O) groups excluding carboxylic acids is 1. The molecule has 4 heteroatoms. The smallest absolute Gasteiger partial charge is 0.306 e. The summed E-state index contributed by atoms with van der Waals surface area (Å²) in [6.07, 6.45) is 16.4. The average molecular weight is 338 g/mol. The number of hydrogen-bond acceptors (Lipinski definition) is 4. The van der Waals surface area contributed by atoms with E-state index in [2.05, 4.69) is 6.92 Å². The Hall–Kier alpha value is -0.870. The van der Waals surface area contributed by atoms with Crippen molar-refractivity contribution in [2.45, 2.75) is 95.9 Å². The van der Waals surface area contributed by atoms with Crippen LogP contribution < -0.4 is 0 Å². The van der Waals surface area contributed by atoms with Crippen molar-refractivity contribution in [3.05, 3.63) is 12.2 Å². The lowest BCUT2D eigenvalue weighted by molar-refractivity contribution is -0.148. The van der Waals surface area contributed by atoms with Crippen molar-refractivity contribution in [3.8, 4) is 0 Å². The second-order valence-electron chi connectivity index (χ2n) is 7.01. The summed E-state index contributed by atoms with van der Waals surface area (Å²) in [5, 5.41) is 0. The Bertz CT molecular complexity index is 385. The van der Waals surface area contributed by atoms with E-state index in [9.17, 15) is 4.79 Å². The van der Waals surface area contributed by atoms with Crippen LogP contribution >= 0.6 is 0 Å². The fourth-order valence-electron chi connectivity index (χ4n) is 3.41. The highest BCUT2D eigenvalue weighted by Crippen LogP contribution is 2.29. The van der Waals surface area contributed by atoms with Crippen molar-refractivity contribution < 1.29 is 19.0 Å². The van der Waals surface area contributed by atoms with Crippen molar-refractivity contribution in [1.82, 2.24) is 0 Å². The van der Waals surface area contributed by atoms with Gasteiger partial charge in [-0.3, -0.25) is 4.79 Å². The fraction of sp³-hybridized carbons (Fsp3) is 0.850. The molecule has 0 aromatic heterocycles. The molecule has 0 bridgehead atoms. The van der Waals surface area contributed by atoms with E-state index in [1.54, 1.807) is 0 Å². The summed E-state index contributed by atoms with van der Waals surface area (Å²) in [4.78, 5) is 12.1. The number of carbonyl (C=O) groups is 1. The first kappa shape index (κ1) is 19.5. The monoisotopic (exact) mass is 338 g/mol. The first-order valence-corrected chi connectivity index (χ1v) is 9.91. The Balaban J connectivity index is 2.02. The van der Waals surface area contributed by atoms with Crippen molar-refractivity contribution in [1.29, 1.82) is 0 Å². The van der Waals surface area contributed by atoms with Crippen LogP contribution in [0.2, 0.25) is 0 Å². The van der Waals surface area contributed by atoms with Crippen LogP contribution in [-0.2, 0) is 19.0 Å². The number of rotatable bonds is 4. The van der Waals surface area contributed by atoms with Gasteiger partial charge in [0.25, 0.3) is 0 Å². The molecule has 2 heterocycles. The van der Waals surface area contributed by atoms with Crippen molar-refractivity contribution in [2.75, 3.05) is 13.2 Å². The molecule has 24 heavy (non-hydrogen) atoms. The van der Waals surface area contributed by atoms with Crippen LogP contribution in [0, 0.1) is 0 Å². The molecule has 1 atom stereocenters. The lowest BCUT2D eigenvalue weighted by Gasteiger charge is -2.25. The summed E-state index contributed by atoms with van der Waals surface area (Å²) in [6.45, 7) is 3.47. The third-order valence-electron chi connectivity index (χ3n) is 4.87. The van der Waals surface area contributed by atoms with Crippen LogP contribution in [-0.4, -0.2) is 31.1 Å². The highest BCUT2D eigenvalue weighted by molar-refractivity contribution is 5.69. The Morgan fingerprint density at radius 2 is 1.75 bits per heavy atom. The van der Waals surface area contributed by atoms with E-state index in [0.29, 0.717) is 19.6 Å². The van der Waals surface area contributed by atoms with Gasteiger partial charge in [-0.25, -0.2) is 0 Å². The molecule has 2 rings (SSSR count). The third-order valence-corrected chi connectivity index (χ3v) is 4.87. The molecule has 2 aliphatic rings. The summed E-state index contributed by atoms with van der Waals surface area (Å²) in [7, 11) is 0. The highest BCUT2D eigenvalue weighted by Gasteiger charge is 2.33. The topological polar surface area (TPSA) is 44.8 Å². The molecule has 0 amide bonds. The van der Waals surface area contributed by atoms with Crippen molar-refractivity contribution in [3.63, 3.8) is 0 Å². The van der Waals surface area contributed by atoms with Gasteiger partial charge in [0.15, 0.2) is 5.79 Å². The Labute approximate surface area is 146 Å². The Morgan fingerprint density at radius 1 is 1.04 bits per heavy atom. The van der Waals surface area contributed by atoms with Crippen molar-refractivity contribution in [2.24, 2.45) is 0 Å². The molecule has 0 N–H and O–H groups in total. The van der Waals surface area contributed by atoms with Crippen LogP contribution in [0.1, 0.15) is 84.0 Å². The molecule has 1 fully saturated rings. The molecule has 0 saturated carbocycles. The lowest BCUT2D eigenvalue weighted by Crippen LogP contribution is -2.28. The molecule has 1 saturated heterocycles. The predicted octanol–water partition coefficient (Wildman–Crippen LogP) is 4.91. The van der Waals surface area contributed by atoms with E-state index in [-0.39, 0.29) is 12.1 Å². The second kappa shape index (κ2) is 10.9. The van der Waals surface area contributed by atoms with Crippen LogP contribution in [0.5, 0.6) is 0 Å². The summed E-state index contributed by atoms with van der Waals surface area (Å²) in [5.74, 6) is -0.667. The Kier molecular flexibility index (Phi) is 8.82. The first-order chi connectivity index (χ1) is 11.7. The van der Waals surface area contributed by atoms with E-state index in [1.807, 2.05) is 12.2 Å². The standard InChI is InChI=1S/C20H34O4/c1-2-3-8-11-18-13-15-20(22-16-17-23-20)14-10-7-5-4-6-9-12-19(21)24-18/h13,15,18H,2-12,14,16-17H2,1H3. The zero-order valence-corrected chi connectivity index (χ0v) is 15.3. The largest absolute Gasteiger partial charge is 0.458 e. The number of hydrogen-bond donors (Lipinski definition) is 0. The molecule has 1 unspecified atom stereocenters. The molecule has 0 aromatic rings. The van der Waals surface area contributed by atoms with Crippen LogP contribution in [0.15, 0.2) is 12.2 Å². The number of ether oxygens (including phenoxy) is 3. The minimum absolute atomic E-state index is 0.0690. The first-order valence-electron chi connectivity index (χ1n) is 9.91. The lowest BCUT2D eigenvalue weighted by atomic mass is 10.0. The van der Waals surface area contributed by atoms with Crippen LogP contribution in [0.3, 0.4) is 0 Å². The zero-order valence-electron chi connectivity index (χ0n) is 15.3. The normalized spacial score (nSPS) is 26.2. The van der Waals surface area contributed by atoms with Crippen LogP contribution in [0.4, 0.5) is 0 Å². The van der Waals surface area contributed by atoms with Crippen LogP contribution in [0.25, 0.3) is 0 Å². The number of unbranched alkanes of at least 4 members (excludes halogenated alkanes) is 2. The maximum atomic E-state index is 12.1. The van der Waals surface area contributed by atoms with E-state index in [0.717, 1.165) is 38.5 Å². The zero-order chi connectivity index (χ0) is 17.1. The SMILES string of the molecule is CCCCCC1C=CC2(CCCCCCCCC(=O)O1)OCCO2. The molecule has 1 spiro atoms. The van der Waals surface area contributed by atoms with Gasteiger partial charge in [-0.15, -0.1) is 0 Å². The van der Waals surface area contributed by atoms with Gasteiger partial charge in [0.1, 0.15) is 6.10 Å². The molecule has 0 aliphatic carbocycles. The van der Waals surface area contributed by atoms with Crippen molar-refractivity contribution >= 4 is 5.97 Å². The van der Waals surface area contributed by atoms with Gasteiger partial charge in [-0.1, -0.05) is 45.4 Å². The van der Waals surface area contributed by atoms with E-state index >= 15 is 0 Å². The Morgan fingerprint density at radius 3 is 2.50 bits per heavy atom. The fourth-order valence-corrected chi connectivity index (χ4v) is 3.41. The summed E-state index contributed by atoms with van der Waals surface area (Å²) >= 11 is 0. The summed E-state index contributed by atoms with van der Waals surface area (Å²) in [6, 6.07) is 0. The summed E-state index contributed by atoms with van der Waals surface area (Å²) < 4.78 is 17.5. The maximum absolute atomic E-state index is 12.1. The molecule has 0 radical (unpaired) electrons. The minimum atomic E-state index is -0.598. The van der Waals surface area contributed by atoms with E-state index in [4.69, 9.17) is 14.2 Å². The number of cyclic esters (lactones) is 1. The highest BCUT2D eigenvalue weighted by atomic mass is 16.7. The summed E-state index contributed by atoms with van der Waals surface area (Å²) in [5.41, 5.74) is 0. The minimum Gasteiger partial charge on any atom is -0.458 e. The quantitative estimate of drug-likeness (QED) is 0.415. The average Bonchev–Trinajstić information content (AvgIpc) is 3.04.